The number of nitrogens with zero attached hydrogens (tertiary/aromatic N) is 1. The number of Topliss-reactive ketones (excluding diaryl/α,β-unsaturated/α-hetero) is 1. The van der Waals surface area contributed by atoms with Crippen molar-refractivity contribution in [2.24, 2.45) is 11.8 Å². The van der Waals surface area contributed by atoms with Crippen LogP contribution in [0.25, 0.3) is 0 Å². The van der Waals surface area contributed by atoms with Gasteiger partial charge in [0.05, 0.1) is 6.54 Å². The van der Waals surface area contributed by atoms with Crippen LogP contribution in [0.15, 0.2) is 0 Å². The lowest BCUT2D eigenvalue weighted by molar-refractivity contribution is -0.123. The fourth-order valence-corrected chi connectivity index (χ4v) is 1.96. The topological polar surface area (TPSA) is 20.3 Å². The molecule has 1 rings (SSSR count). The van der Waals surface area contributed by atoms with Gasteiger partial charge in [0.25, 0.3) is 0 Å². The summed E-state index contributed by atoms with van der Waals surface area (Å²) < 4.78 is 0. The van der Waals surface area contributed by atoms with Gasteiger partial charge in [-0.1, -0.05) is 27.2 Å². The molecule has 0 amide bonds. The van der Waals surface area contributed by atoms with E-state index in [1.807, 2.05) is 13.8 Å². The highest BCUT2D eigenvalue weighted by Crippen LogP contribution is 2.19. The Hall–Kier alpha value is -0.370. The van der Waals surface area contributed by atoms with Crippen LogP contribution in [0.4, 0.5) is 0 Å². The van der Waals surface area contributed by atoms with Crippen molar-refractivity contribution in [3.8, 4) is 0 Å². The average Bonchev–Trinajstić information content (AvgIpc) is 2.19. The molecule has 0 aromatic heterocycles. The van der Waals surface area contributed by atoms with Crippen LogP contribution < -0.4 is 0 Å². The van der Waals surface area contributed by atoms with Gasteiger partial charge in [0.15, 0.2) is 0 Å². The third kappa shape index (κ3) is 3.41. The van der Waals surface area contributed by atoms with Crippen molar-refractivity contribution in [1.29, 1.82) is 0 Å². The first-order valence-corrected chi connectivity index (χ1v) is 5.88. The molecule has 0 spiro atoms. The van der Waals surface area contributed by atoms with Gasteiger partial charge < -0.3 is 0 Å². The zero-order valence-electron chi connectivity index (χ0n) is 9.75. The Balaban J connectivity index is 2.25. The van der Waals surface area contributed by atoms with E-state index in [0.717, 1.165) is 19.0 Å². The number of hydrogen-bond donors (Lipinski definition) is 0. The van der Waals surface area contributed by atoms with Gasteiger partial charge in [-0.05, 0) is 31.8 Å². The summed E-state index contributed by atoms with van der Waals surface area (Å²) in [5, 5.41) is 0. The Morgan fingerprint density at radius 1 is 1.36 bits per heavy atom. The Labute approximate surface area is 87.7 Å². The first-order valence-electron chi connectivity index (χ1n) is 5.88. The second-order valence-electron chi connectivity index (χ2n) is 4.75. The number of piperidine rings is 1. The zero-order valence-corrected chi connectivity index (χ0v) is 9.75. The molecule has 1 aliphatic heterocycles. The second-order valence-corrected chi connectivity index (χ2v) is 4.75. The van der Waals surface area contributed by atoms with Crippen LogP contribution in [0, 0.1) is 11.8 Å². The van der Waals surface area contributed by atoms with E-state index < -0.39 is 0 Å². The van der Waals surface area contributed by atoms with Gasteiger partial charge in [0, 0.05) is 5.92 Å². The monoisotopic (exact) mass is 197 g/mol. The molecule has 0 aromatic carbocycles. The van der Waals surface area contributed by atoms with E-state index in [0.29, 0.717) is 12.3 Å². The van der Waals surface area contributed by atoms with Gasteiger partial charge in [-0.3, -0.25) is 9.69 Å². The molecular formula is C12H23NO. The Bertz CT molecular complexity index is 181. The lowest BCUT2D eigenvalue weighted by Gasteiger charge is -2.31. The SMILES string of the molecule is CCC1CCN(CC(=O)C(C)C)CC1. The first-order chi connectivity index (χ1) is 6.63. The molecule has 0 unspecified atom stereocenters. The smallest absolute Gasteiger partial charge is 0.149 e. The van der Waals surface area contributed by atoms with Gasteiger partial charge in [-0.15, -0.1) is 0 Å². The van der Waals surface area contributed by atoms with Crippen molar-refractivity contribution >= 4 is 5.78 Å². The van der Waals surface area contributed by atoms with Gasteiger partial charge in [-0.2, -0.15) is 0 Å². The predicted octanol–water partition coefficient (Wildman–Crippen LogP) is 2.33. The fraction of sp³-hybridized carbons (Fsp3) is 0.917. The lowest BCUT2D eigenvalue weighted by Crippen LogP contribution is -2.38. The van der Waals surface area contributed by atoms with E-state index in [1.165, 1.54) is 19.3 Å². The Morgan fingerprint density at radius 3 is 2.36 bits per heavy atom. The summed E-state index contributed by atoms with van der Waals surface area (Å²) in [5.74, 6) is 1.49. The Kier molecular flexibility index (Phi) is 4.59. The van der Waals surface area contributed by atoms with E-state index in [4.69, 9.17) is 0 Å². The van der Waals surface area contributed by atoms with Crippen LogP contribution in [0.1, 0.15) is 40.0 Å². The quantitative estimate of drug-likeness (QED) is 0.689. The standard InChI is InChI=1S/C12H23NO/c1-4-11-5-7-13(8-6-11)9-12(14)10(2)3/h10-11H,4-9H2,1-3H3. The molecule has 0 aromatic rings. The normalized spacial score (nSPS) is 20.3. The number of carbonyl (C=O) groups excluding carboxylic acids is 1. The van der Waals surface area contributed by atoms with Crippen molar-refractivity contribution in [2.45, 2.75) is 40.0 Å². The van der Waals surface area contributed by atoms with Crippen LogP contribution in [0.3, 0.4) is 0 Å². The van der Waals surface area contributed by atoms with Crippen LogP contribution in [-0.2, 0) is 4.79 Å². The molecule has 0 atom stereocenters. The summed E-state index contributed by atoms with van der Waals surface area (Å²) >= 11 is 0. The number of carbonyl (C=O) groups is 1. The van der Waals surface area contributed by atoms with Crippen molar-refractivity contribution in [3.05, 3.63) is 0 Å². The van der Waals surface area contributed by atoms with Gasteiger partial charge in [0.2, 0.25) is 0 Å². The minimum Gasteiger partial charge on any atom is -0.298 e. The average molecular weight is 197 g/mol. The third-order valence-corrected chi connectivity index (χ3v) is 3.31. The summed E-state index contributed by atoms with van der Waals surface area (Å²) in [6.07, 6.45) is 3.86. The van der Waals surface area contributed by atoms with Crippen molar-refractivity contribution in [2.75, 3.05) is 19.6 Å². The van der Waals surface area contributed by atoms with E-state index in [9.17, 15) is 4.79 Å². The molecule has 0 saturated carbocycles. The predicted molar refractivity (Wildman–Crippen MR) is 59.3 cm³/mol. The first kappa shape index (κ1) is 11.7. The maximum atomic E-state index is 11.5. The van der Waals surface area contributed by atoms with Crippen LogP contribution in [0.2, 0.25) is 0 Å². The molecule has 82 valence electrons. The zero-order chi connectivity index (χ0) is 10.6. The largest absolute Gasteiger partial charge is 0.298 e. The molecule has 1 saturated heterocycles. The van der Waals surface area contributed by atoms with E-state index in [1.54, 1.807) is 0 Å². The Morgan fingerprint density at radius 2 is 1.93 bits per heavy atom. The number of hydrogen-bond acceptors (Lipinski definition) is 2. The summed E-state index contributed by atoms with van der Waals surface area (Å²) in [6.45, 7) is 9.16. The highest BCUT2D eigenvalue weighted by molar-refractivity contribution is 5.82. The summed E-state index contributed by atoms with van der Waals surface area (Å²) in [7, 11) is 0. The minimum absolute atomic E-state index is 0.193. The van der Waals surface area contributed by atoms with E-state index >= 15 is 0 Å². The van der Waals surface area contributed by atoms with Gasteiger partial charge >= 0.3 is 0 Å². The van der Waals surface area contributed by atoms with Crippen LogP contribution >= 0.6 is 0 Å². The summed E-state index contributed by atoms with van der Waals surface area (Å²) in [6, 6.07) is 0. The second kappa shape index (κ2) is 5.50. The minimum atomic E-state index is 0.193. The number of likely N-dealkylation sites (tertiary alicyclic amines) is 1. The van der Waals surface area contributed by atoms with E-state index in [2.05, 4.69) is 11.8 Å². The molecular weight excluding hydrogens is 174 g/mol. The molecule has 0 N–H and O–H groups in total. The molecule has 1 aliphatic rings. The molecule has 14 heavy (non-hydrogen) atoms. The van der Waals surface area contributed by atoms with Gasteiger partial charge in [0.1, 0.15) is 5.78 Å². The maximum absolute atomic E-state index is 11.5. The third-order valence-electron chi connectivity index (χ3n) is 3.31. The van der Waals surface area contributed by atoms with E-state index in [-0.39, 0.29) is 5.92 Å². The molecule has 2 heteroatoms. The molecule has 0 bridgehead atoms. The highest BCUT2D eigenvalue weighted by Gasteiger charge is 2.20. The van der Waals surface area contributed by atoms with Gasteiger partial charge in [-0.25, -0.2) is 0 Å². The summed E-state index contributed by atoms with van der Waals surface area (Å²) in [4.78, 5) is 13.8. The van der Waals surface area contributed by atoms with Crippen LogP contribution in [0.5, 0.6) is 0 Å². The van der Waals surface area contributed by atoms with Crippen molar-refractivity contribution in [3.63, 3.8) is 0 Å². The lowest BCUT2D eigenvalue weighted by atomic mass is 9.94. The molecule has 2 nitrogen and oxygen atoms in total. The highest BCUT2D eigenvalue weighted by atomic mass is 16.1. The number of rotatable bonds is 4. The molecule has 0 aliphatic carbocycles. The number of ketones is 1. The van der Waals surface area contributed by atoms with Crippen molar-refractivity contribution < 1.29 is 4.79 Å². The summed E-state index contributed by atoms with van der Waals surface area (Å²) in [5.41, 5.74) is 0. The maximum Gasteiger partial charge on any atom is 0.149 e. The molecule has 0 radical (unpaired) electrons. The molecule has 1 heterocycles. The van der Waals surface area contributed by atoms with Crippen molar-refractivity contribution in [1.82, 2.24) is 4.90 Å². The van der Waals surface area contributed by atoms with Crippen LogP contribution in [-0.4, -0.2) is 30.3 Å². The fourth-order valence-electron chi connectivity index (χ4n) is 1.96. The molecule has 1 fully saturated rings.